The molecule has 0 saturated heterocycles. The van der Waals surface area contributed by atoms with Gasteiger partial charge in [0, 0.05) is 113 Å². The van der Waals surface area contributed by atoms with Crippen LogP contribution in [0.5, 0.6) is 0 Å². The molecule has 6 heteroatoms. The van der Waals surface area contributed by atoms with Crippen LogP contribution in [0, 0.1) is 27.6 Å². The van der Waals surface area contributed by atoms with Gasteiger partial charge in [-0.25, -0.2) is 0 Å². The zero-order valence-corrected chi connectivity index (χ0v) is 42.2. The Morgan fingerprint density at radius 1 is 0.419 bits per heavy atom. The lowest BCUT2D eigenvalue weighted by Gasteiger charge is -2.26. The molecule has 0 aliphatic rings. The summed E-state index contributed by atoms with van der Waals surface area (Å²) in [6, 6.07) is 62.3. The van der Waals surface area contributed by atoms with Crippen molar-refractivity contribution in [2.24, 2.45) is 0 Å². The van der Waals surface area contributed by atoms with E-state index in [0.29, 0.717) is 0 Å². The first kappa shape index (κ1) is 37.2. The number of aromatic nitrogens is 1. The molecular weight excluding hydrogens is 923 g/mol. The van der Waals surface area contributed by atoms with Crippen LogP contribution < -0.4 is 9.80 Å². The number of furan rings is 2. The van der Waals surface area contributed by atoms with Gasteiger partial charge in [-0.2, -0.15) is 0 Å². The monoisotopic (exact) mass is 979 g/mol. The first-order valence-corrected chi connectivity index (χ1v) is 25.9. The third-order valence-corrected chi connectivity index (χ3v) is 16.4. The molecular formula is C68H51N3O2S. The van der Waals surface area contributed by atoms with Gasteiger partial charge in [0.15, 0.2) is 0 Å². The van der Waals surface area contributed by atoms with E-state index in [1.807, 2.05) is 62.4 Å². The third-order valence-electron chi connectivity index (χ3n) is 15.2. The van der Waals surface area contributed by atoms with Crippen LogP contribution in [0.2, 0.25) is 0 Å². The Bertz CT molecular complexity index is 5090. The molecule has 74 heavy (non-hydrogen) atoms. The van der Waals surface area contributed by atoms with Crippen molar-refractivity contribution in [2.75, 3.05) is 9.80 Å². The van der Waals surface area contributed by atoms with Gasteiger partial charge in [-0.05, 0) is 163 Å². The average Bonchev–Trinajstić information content (AvgIpc) is 2.49. The summed E-state index contributed by atoms with van der Waals surface area (Å²) in [5, 5.41) is 12.1. The van der Waals surface area contributed by atoms with Crippen molar-refractivity contribution in [1.82, 2.24) is 4.40 Å². The molecule has 0 aliphatic carbocycles. The lowest BCUT2D eigenvalue weighted by Crippen LogP contribution is -2.10. The Morgan fingerprint density at radius 3 is 1.50 bits per heavy atom. The molecule has 10 aromatic carbocycles. The molecule has 0 unspecified atom stereocenters. The Kier molecular flexibility index (Phi) is 7.78. The molecule has 0 amide bonds. The van der Waals surface area contributed by atoms with Crippen molar-refractivity contribution in [1.29, 1.82) is 0 Å². The topological polar surface area (TPSA) is 37.2 Å². The highest BCUT2D eigenvalue weighted by Gasteiger charge is 2.27. The van der Waals surface area contributed by atoms with E-state index in [4.69, 9.17) is 17.1 Å². The summed E-state index contributed by atoms with van der Waals surface area (Å²) >= 11 is 1.77. The van der Waals surface area contributed by atoms with Crippen molar-refractivity contribution in [3.8, 4) is 0 Å². The van der Waals surface area contributed by atoms with Gasteiger partial charge < -0.3 is 18.6 Å². The molecule has 356 valence electrons. The zero-order chi connectivity index (χ0) is 54.9. The first-order chi connectivity index (χ1) is 38.3. The van der Waals surface area contributed by atoms with Gasteiger partial charge in [0.1, 0.15) is 27.2 Å². The van der Waals surface area contributed by atoms with Crippen LogP contribution in [0.25, 0.3) is 102 Å². The fraction of sp³-hybridized carbons (Fsp3) is 0.118. The molecule has 0 bridgehead atoms. The molecule has 0 saturated carbocycles. The van der Waals surface area contributed by atoms with Gasteiger partial charge in [-0.15, -0.1) is 11.3 Å². The number of para-hydroxylation sites is 2. The zero-order valence-electron chi connectivity index (χ0n) is 47.4. The standard InChI is InChI=1S/C68H51N3O2S/c1-38-26-39(2)29-48(28-38)69(45-18-23-53-51-12-8-10-14-59(51)72-61(53)35-45)44-17-22-50-42(32-44)16-21-55-57-33-43(68(5,6)7)34-58-64-56-25-20-47(37-63(56)74-67(64)71(65(50)55)66(57)58)70(49-30-40(3)27-41(4)31-49)46-19-24-54-52-13-9-11-15-60(52)73-62(54)36-46/h8-37H,1-7H3/i1D3,3D3. The third kappa shape index (κ3) is 6.40. The van der Waals surface area contributed by atoms with Crippen LogP contribution in [-0.4, -0.2) is 4.40 Å². The van der Waals surface area contributed by atoms with E-state index in [-0.39, 0.29) is 16.5 Å². The summed E-state index contributed by atoms with van der Waals surface area (Å²) in [7, 11) is 0. The molecule has 15 aromatic rings. The van der Waals surface area contributed by atoms with E-state index in [1.54, 1.807) is 35.6 Å². The molecule has 15 rings (SSSR count). The minimum atomic E-state index is -2.31. The SMILES string of the molecule is [2H]C([2H])([2H])c1cc(C)cc(N(c2ccc3c(ccc4c5cc(C(C)(C)C)cc6c7c8ccc(N(c9cc(C)cc(C([2H])([2H])[2H])c9)c9ccc%10c(c9)oc9ccccc9%10)cc8sc7n(c34)c56)c2)c2ccc3c(c2)oc2ccccc23)c1. The maximum Gasteiger partial charge on any atom is 0.137 e. The van der Waals surface area contributed by atoms with E-state index >= 15 is 0 Å². The summed E-state index contributed by atoms with van der Waals surface area (Å²) in [6.45, 7) is 6.11. The Labute approximate surface area is 440 Å². The van der Waals surface area contributed by atoms with E-state index in [2.05, 4.69) is 144 Å². The molecule has 5 nitrogen and oxygen atoms in total. The molecule has 0 N–H and O–H groups in total. The van der Waals surface area contributed by atoms with Crippen molar-refractivity contribution < 1.29 is 17.1 Å². The van der Waals surface area contributed by atoms with Gasteiger partial charge in [-0.3, -0.25) is 4.40 Å². The van der Waals surface area contributed by atoms with E-state index in [0.717, 1.165) is 120 Å². The number of fused-ring (bicyclic) bond motifs is 16. The number of aryl methyl sites for hydroxylation is 4. The number of nitrogens with zero attached hydrogens (tertiary/aromatic N) is 3. The molecule has 5 aromatic heterocycles. The van der Waals surface area contributed by atoms with Crippen molar-refractivity contribution in [3.63, 3.8) is 0 Å². The summed E-state index contributed by atoms with van der Waals surface area (Å²) in [4.78, 5) is 5.43. The maximum atomic E-state index is 8.45. The molecule has 0 atom stereocenters. The van der Waals surface area contributed by atoms with Gasteiger partial charge in [0.25, 0.3) is 0 Å². The second-order valence-corrected chi connectivity index (χ2v) is 22.2. The normalized spacial score (nSPS) is 14.1. The summed E-state index contributed by atoms with van der Waals surface area (Å²) < 4.78 is 67.1. The fourth-order valence-electron chi connectivity index (χ4n) is 11.9. The number of thiophene rings is 1. The molecule has 5 heterocycles. The largest absolute Gasteiger partial charge is 0.456 e. The van der Waals surface area contributed by atoms with E-state index < -0.39 is 13.7 Å². The van der Waals surface area contributed by atoms with E-state index in [1.165, 1.54) is 32.6 Å². The minimum Gasteiger partial charge on any atom is -0.456 e. The first-order valence-electron chi connectivity index (χ1n) is 28.1. The van der Waals surface area contributed by atoms with Crippen molar-refractivity contribution >= 4 is 148 Å². The van der Waals surface area contributed by atoms with Gasteiger partial charge in [-0.1, -0.05) is 93.6 Å². The summed E-state index contributed by atoms with van der Waals surface area (Å²) in [6.07, 6.45) is 0. The number of anilines is 6. The molecule has 0 radical (unpaired) electrons. The molecule has 0 spiro atoms. The quantitative estimate of drug-likeness (QED) is 0.166. The Hall–Kier alpha value is -8.58. The highest BCUT2D eigenvalue weighted by molar-refractivity contribution is 7.25. The number of hydrogen-bond acceptors (Lipinski definition) is 5. The Morgan fingerprint density at radius 2 is 0.905 bits per heavy atom. The number of rotatable bonds is 6. The summed E-state index contributed by atoms with van der Waals surface area (Å²) in [5.74, 6) is 0. The van der Waals surface area contributed by atoms with Crippen LogP contribution in [0.1, 0.15) is 56.8 Å². The van der Waals surface area contributed by atoms with Crippen LogP contribution in [0.15, 0.2) is 191 Å². The lowest BCUT2D eigenvalue weighted by molar-refractivity contribution is 0.592. The summed E-state index contributed by atoms with van der Waals surface area (Å²) in [5.41, 5.74) is 13.7. The molecule has 0 fully saturated rings. The smallest absolute Gasteiger partial charge is 0.137 e. The minimum absolute atomic E-state index is 0.139. The van der Waals surface area contributed by atoms with Crippen molar-refractivity contribution in [3.05, 3.63) is 210 Å². The predicted molar refractivity (Wildman–Crippen MR) is 316 cm³/mol. The number of benzene rings is 10. The average molecular weight is 980 g/mol. The lowest BCUT2D eigenvalue weighted by atomic mass is 9.85. The highest BCUT2D eigenvalue weighted by atomic mass is 32.1. The maximum absolute atomic E-state index is 8.45. The van der Waals surface area contributed by atoms with Gasteiger partial charge in [0.2, 0.25) is 0 Å². The van der Waals surface area contributed by atoms with Crippen LogP contribution in [-0.2, 0) is 5.41 Å². The van der Waals surface area contributed by atoms with Crippen LogP contribution in [0.3, 0.4) is 0 Å². The van der Waals surface area contributed by atoms with Crippen molar-refractivity contribution in [2.45, 2.75) is 53.7 Å². The van der Waals surface area contributed by atoms with Gasteiger partial charge >= 0.3 is 0 Å². The predicted octanol–water partition coefficient (Wildman–Crippen LogP) is 20.5. The molecule has 0 aliphatic heterocycles. The van der Waals surface area contributed by atoms with Crippen LogP contribution in [0.4, 0.5) is 34.1 Å². The highest BCUT2D eigenvalue weighted by Crippen LogP contribution is 2.51. The van der Waals surface area contributed by atoms with Crippen LogP contribution >= 0.6 is 11.3 Å². The second-order valence-electron chi connectivity index (χ2n) is 21.2. The fourth-order valence-corrected chi connectivity index (χ4v) is 13.2. The number of hydrogen-bond donors (Lipinski definition) is 0. The Balaban J connectivity index is 0.949. The van der Waals surface area contributed by atoms with E-state index in [9.17, 15) is 0 Å². The van der Waals surface area contributed by atoms with Gasteiger partial charge in [0.05, 0.1) is 11.0 Å². The second kappa shape index (κ2) is 15.5.